The minimum absolute atomic E-state index is 0.0239. The third-order valence-electron chi connectivity index (χ3n) is 4.97. The molecule has 0 radical (unpaired) electrons. The molecule has 0 bridgehead atoms. The van der Waals surface area contributed by atoms with Crippen molar-refractivity contribution in [3.05, 3.63) is 15.6 Å². The van der Waals surface area contributed by atoms with Crippen LogP contribution in [-0.4, -0.2) is 52.8 Å². The predicted molar refractivity (Wildman–Crippen MR) is 95.3 cm³/mol. The van der Waals surface area contributed by atoms with Gasteiger partial charge in [0.2, 0.25) is 5.91 Å². The number of aromatic nitrogens is 1. The zero-order chi connectivity index (χ0) is 17.1. The van der Waals surface area contributed by atoms with Crippen LogP contribution in [0.4, 0.5) is 0 Å². The van der Waals surface area contributed by atoms with Crippen molar-refractivity contribution < 1.29 is 9.59 Å². The van der Waals surface area contributed by atoms with E-state index in [1.807, 2.05) is 16.7 Å². The molecule has 1 aromatic rings. The number of likely N-dealkylation sites (tertiary alicyclic amines) is 2. The lowest BCUT2D eigenvalue weighted by atomic mass is 9.96. The summed E-state index contributed by atoms with van der Waals surface area (Å²) in [4.78, 5) is 34.7. The van der Waals surface area contributed by atoms with Gasteiger partial charge in [-0.15, -0.1) is 11.3 Å². The average molecular weight is 350 g/mol. The highest BCUT2D eigenvalue weighted by Crippen LogP contribution is 2.26. The lowest BCUT2D eigenvalue weighted by Gasteiger charge is -2.33. The van der Waals surface area contributed by atoms with E-state index in [2.05, 4.69) is 11.9 Å². The highest BCUT2D eigenvalue weighted by Gasteiger charge is 2.33. The van der Waals surface area contributed by atoms with Gasteiger partial charge in [-0.25, -0.2) is 4.98 Å². The summed E-state index contributed by atoms with van der Waals surface area (Å²) in [5, 5.41) is 1.04. The molecule has 3 rings (SSSR count). The Hall–Kier alpha value is -1.43. The monoisotopic (exact) mass is 349 g/mol. The van der Waals surface area contributed by atoms with Crippen LogP contribution >= 0.6 is 11.3 Å². The van der Waals surface area contributed by atoms with E-state index in [-0.39, 0.29) is 17.7 Å². The maximum absolute atomic E-state index is 12.9. The number of nitrogens with zero attached hydrogens (tertiary/aromatic N) is 3. The summed E-state index contributed by atoms with van der Waals surface area (Å²) in [6.07, 6.45) is 6.01. The standard InChI is InChI=1S/C18H27N3O2S/c1-3-7-15-19-13(2)16(24-15)18(23)21-11-6-8-14(12-21)17(22)20-9-4-5-10-20/h14H,3-12H2,1-2H3/t14-/m1/s1. The van der Waals surface area contributed by atoms with Crippen molar-refractivity contribution in [2.45, 2.75) is 52.4 Å². The van der Waals surface area contributed by atoms with Crippen molar-refractivity contribution in [1.29, 1.82) is 0 Å². The van der Waals surface area contributed by atoms with Gasteiger partial charge in [0.1, 0.15) is 4.88 Å². The molecule has 6 heteroatoms. The Morgan fingerprint density at radius 1 is 1.17 bits per heavy atom. The van der Waals surface area contributed by atoms with Crippen LogP contribution in [0.5, 0.6) is 0 Å². The summed E-state index contributed by atoms with van der Waals surface area (Å²) in [7, 11) is 0. The molecule has 1 atom stereocenters. The average Bonchev–Trinajstić information content (AvgIpc) is 3.24. The zero-order valence-electron chi connectivity index (χ0n) is 14.7. The Kier molecular flexibility index (Phi) is 5.54. The third-order valence-corrected chi connectivity index (χ3v) is 6.18. The Morgan fingerprint density at radius 3 is 2.58 bits per heavy atom. The van der Waals surface area contributed by atoms with Gasteiger partial charge >= 0.3 is 0 Å². The topological polar surface area (TPSA) is 53.5 Å². The molecule has 0 aliphatic carbocycles. The molecule has 24 heavy (non-hydrogen) atoms. The molecular formula is C18H27N3O2S. The molecule has 2 fully saturated rings. The van der Waals surface area contributed by atoms with Gasteiger partial charge in [-0.2, -0.15) is 0 Å². The molecule has 132 valence electrons. The predicted octanol–water partition coefficient (Wildman–Crippen LogP) is 2.88. The number of carbonyl (C=O) groups is 2. The van der Waals surface area contributed by atoms with Gasteiger partial charge < -0.3 is 9.80 Å². The molecule has 2 amide bonds. The van der Waals surface area contributed by atoms with E-state index in [9.17, 15) is 9.59 Å². The van der Waals surface area contributed by atoms with E-state index < -0.39 is 0 Å². The Balaban J connectivity index is 1.67. The molecule has 3 heterocycles. The number of aryl methyl sites for hydroxylation is 2. The van der Waals surface area contributed by atoms with Crippen LogP contribution in [0.3, 0.4) is 0 Å². The first kappa shape index (κ1) is 17.4. The van der Waals surface area contributed by atoms with Crippen molar-refractivity contribution in [2.75, 3.05) is 26.2 Å². The first-order valence-corrected chi connectivity index (χ1v) is 9.96. The molecule has 0 unspecified atom stereocenters. The fourth-order valence-corrected chi connectivity index (χ4v) is 4.81. The summed E-state index contributed by atoms with van der Waals surface area (Å²) in [5.74, 6) is 0.285. The van der Waals surface area contributed by atoms with Gasteiger partial charge in [0.05, 0.1) is 16.6 Å². The third kappa shape index (κ3) is 3.63. The lowest BCUT2D eigenvalue weighted by molar-refractivity contribution is -0.135. The molecule has 0 N–H and O–H groups in total. The van der Waals surface area contributed by atoms with E-state index in [1.165, 1.54) is 11.3 Å². The van der Waals surface area contributed by atoms with Crippen molar-refractivity contribution in [3.63, 3.8) is 0 Å². The van der Waals surface area contributed by atoms with Crippen LogP contribution in [-0.2, 0) is 11.2 Å². The quantitative estimate of drug-likeness (QED) is 0.840. The Bertz CT molecular complexity index is 607. The SMILES string of the molecule is CCCc1nc(C)c(C(=O)N2CCC[C@@H](C(=O)N3CCCC3)C2)s1. The normalized spacial score (nSPS) is 21.3. The van der Waals surface area contributed by atoms with Gasteiger partial charge in [-0.05, 0) is 45.4 Å². The molecule has 0 spiro atoms. The van der Waals surface area contributed by atoms with E-state index in [0.717, 1.165) is 73.7 Å². The van der Waals surface area contributed by atoms with Crippen LogP contribution in [0.15, 0.2) is 0 Å². The summed E-state index contributed by atoms with van der Waals surface area (Å²) < 4.78 is 0. The second-order valence-electron chi connectivity index (χ2n) is 6.89. The maximum atomic E-state index is 12.9. The van der Waals surface area contributed by atoms with Crippen LogP contribution in [0, 0.1) is 12.8 Å². The van der Waals surface area contributed by atoms with E-state index in [1.54, 1.807) is 0 Å². The van der Waals surface area contributed by atoms with Gasteiger partial charge in [0, 0.05) is 26.2 Å². The lowest BCUT2D eigenvalue weighted by Crippen LogP contribution is -2.46. The largest absolute Gasteiger partial charge is 0.342 e. The highest BCUT2D eigenvalue weighted by molar-refractivity contribution is 7.13. The van der Waals surface area contributed by atoms with Crippen molar-refractivity contribution in [3.8, 4) is 0 Å². The van der Waals surface area contributed by atoms with Crippen molar-refractivity contribution in [2.24, 2.45) is 5.92 Å². The second-order valence-corrected chi connectivity index (χ2v) is 7.98. The van der Waals surface area contributed by atoms with Crippen LogP contribution < -0.4 is 0 Å². The zero-order valence-corrected chi connectivity index (χ0v) is 15.5. The van der Waals surface area contributed by atoms with Crippen LogP contribution in [0.25, 0.3) is 0 Å². The number of amides is 2. The summed E-state index contributed by atoms with van der Waals surface area (Å²) in [5.41, 5.74) is 0.835. The van der Waals surface area contributed by atoms with Crippen LogP contribution in [0.2, 0.25) is 0 Å². The van der Waals surface area contributed by atoms with E-state index in [0.29, 0.717) is 6.54 Å². The fourth-order valence-electron chi connectivity index (χ4n) is 3.67. The number of carbonyl (C=O) groups excluding carboxylic acids is 2. The van der Waals surface area contributed by atoms with Crippen LogP contribution in [0.1, 0.15) is 59.4 Å². The summed E-state index contributed by atoms with van der Waals surface area (Å²) >= 11 is 1.52. The van der Waals surface area contributed by atoms with Crippen molar-refractivity contribution >= 4 is 23.2 Å². The van der Waals surface area contributed by atoms with Gasteiger partial charge in [-0.3, -0.25) is 9.59 Å². The number of hydrogen-bond donors (Lipinski definition) is 0. The number of rotatable bonds is 4. The minimum Gasteiger partial charge on any atom is -0.342 e. The van der Waals surface area contributed by atoms with Gasteiger partial charge in [-0.1, -0.05) is 6.92 Å². The number of hydrogen-bond acceptors (Lipinski definition) is 4. The Morgan fingerprint density at radius 2 is 1.88 bits per heavy atom. The smallest absolute Gasteiger partial charge is 0.265 e. The second kappa shape index (κ2) is 7.64. The Labute approximate surface area is 148 Å². The number of thiazole rings is 1. The van der Waals surface area contributed by atoms with Gasteiger partial charge in [0.25, 0.3) is 5.91 Å². The first-order chi connectivity index (χ1) is 11.6. The fraction of sp³-hybridized carbons (Fsp3) is 0.722. The molecule has 1 aromatic heterocycles. The first-order valence-electron chi connectivity index (χ1n) is 9.14. The molecule has 2 saturated heterocycles. The van der Waals surface area contributed by atoms with E-state index in [4.69, 9.17) is 0 Å². The maximum Gasteiger partial charge on any atom is 0.265 e. The minimum atomic E-state index is -0.0239. The van der Waals surface area contributed by atoms with Gasteiger partial charge in [0.15, 0.2) is 0 Å². The molecule has 5 nitrogen and oxygen atoms in total. The molecule has 0 saturated carbocycles. The van der Waals surface area contributed by atoms with E-state index >= 15 is 0 Å². The molecule has 2 aliphatic heterocycles. The summed E-state index contributed by atoms with van der Waals surface area (Å²) in [6.45, 7) is 7.13. The number of piperidine rings is 1. The highest BCUT2D eigenvalue weighted by atomic mass is 32.1. The molecular weight excluding hydrogens is 322 g/mol. The molecule has 0 aromatic carbocycles. The summed E-state index contributed by atoms with van der Waals surface area (Å²) in [6, 6.07) is 0. The molecule has 2 aliphatic rings. The van der Waals surface area contributed by atoms with Crippen molar-refractivity contribution in [1.82, 2.24) is 14.8 Å².